The fourth-order valence-corrected chi connectivity index (χ4v) is 3.02. The number of hydrogen-bond acceptors (Lipinski definition) is 3. The minimum atomic E-state index is 0. The lowest BCUT2D eigenvalue weighted by Gasteiger charge is -2.21. The first-order valence-electron chi connectivity index (χ1n) is 8.55. The minimum absolute atomic E-state index is 0. The van der Waals surface area contributed by atoms with Crippen molar-refractivity contribution in [2.45, 2.75) is 38.9 Å². The number of guanidine groups is 1. The summed E-state index contributed by atoms with van der Waals surface area (Å²) in [5.74, 6) is 0.864. The van der Waals surface area contributed by atoms with E-state index in [0.29, 0.717) is 18.7 Å². The van der Waals surface area contributed by atoms with Gasteiger partial charge in [0, 0.05) is 45.4 Å². The molecular formula is C18H31IN4O. The summed E-state index contributed by atoms with van der Waals surface area (Å²) in [6.45, 7) is 8.60. The van der Waals surface area contributed by atoms with Gasteiger partial charge in [0.1, 0.15) is 0 Å². The van der Waals surface area contributed by atoms with E-state index in [9.17, 15) is 0 Å². The first-order chi connectivity index (χ1) is 11.2. The van der Waals surface area contributed by atoms with Crippen LogP contribution >= 0.6 is 24.0 Å². The molecular weight excluding hydrogens is 415 g/mol. The monoisotopic (exact) mass is 446 g/mol. The summed E-state index contributed by atoms with van der Waals surface area (Å²) in [4.78, 5) is 6.83. The maximum atomic E-state index is 5.35. The standard InChI is InChI=1S/C18H30N4O.HI/c1-4-23-11-10-20-18(19-3)21-17-12-15(2)22(14-17)13-16-8-6-5-7-9-16;/h5-9,15,17H,4,10-14H2,1-3H3,(H2,19,20,21);1H. The summed E-state index contributed by atoms with van der Waals surface area (Å²) in [6, 6.07) is 11.7. The van der Waals surface area contributed by atoms with Crippen LogP contribution in [0.4, 0.5) is 0 Å². The van der Waals surface area contributed by atoms with Crippen molar-refractivity contribution in [3.63, 3.8) is 0 Å². The Labute approximate surface area is 163 Å². The van der Waals surface area contributed by atoms with E-state index in [4.69, 9.17) is 4.74 Å². The van der Waals surface area contributed by atoms with Gasteiger partial charge in [-0.05, 0) is 25.8 Å². The van der Waals surface area contributed by atoms with Gasteiger partial charge in [-0.3, -0.25) is 9.89 Å². The lowest BCUT2D eigenvalue weighted by Crippen LogP contribution is -2.45. The van der Waals surface area contributed by atoms with E-state index in [-0.39, 0.29) is 24.0 Å². The molecule has 24 heavy (non-hydrogen) atoms. The molecule has 2 unspecified atom stereocenters. The van der Waals surface area contributed by atoms with Gasteiger partial charge < -0.3 is 15.4 Å². The molecule has 1 aromatic carbocycles. The lowest BCUT2D eigenvalue weighted by atomic mass is 10.2. The van der Waals surface area contributed by atoms with Gasteiger partial charge in [-0.25, -0.2) is 0 Å². The third-order valence-corrected chi connectivity index (χ3v) is 4.24. The van der Waals surface area contributed by atoms with Gasteiger partial charge in [0.15, 0.2) is 5.96 Å². The van der Waals surface area contributed by atoms with Crippen molar-refractivity contribution < 1.29 is 4.74 Å². The summed E-state index contributed by atoms with van der Waals surface area (Å²) in [6.07, 6.45) is 1.14. The molecule has 1 fully saturated rings. The molecule has 0 saturated carbocycles. The van der Waals surface area contributed by atoms with Crippen LogP contribution in [-0.2, 0) is 11.3 Å². The van der Waals surface area contributed by atoms with Gasteiger partial charge in [-0.1, -0.05) is 30.3 Å². The van der Waals surface area contributed by atoms with Crippen LogP contribution < -0.4 is 10.6 Å². The van der Waals surface area contributed by atoms with Gasteiger partial charge in [-0.15, -0.1) is 24.0 Å². The quantitative estimate of drug-likeness (QED) is 0.293. The molecule has 1 aliphatic rings. The molecule has 1 heterocycles. The first kappa shape index (κ1) is 21.2. The molecule has 0 amide bonds. The van der Waals surface area contributed by atoms with Crippen LogP contribution in [0.15, 0.2) is 35.3 Å². The second-order valence-electron chi connectivity index (χ2n) is 6.04. The van der Waals surface area contributed by atoms with Gasteiger partial charge in [0.05, 0.1) is 6.61 Å². The Morgan fingerprint density at radius 3 is 2.75 bits per heavy atom. The summed E-state index contributed by atoms with van der Waals surface area (Å²) < 4.78 is 5.35. The Kier molecular flexibility index (Phi) is 10.3. The number of nitrogens with zero attached hydrogens (tertiary/aromatic N) is 2. The maximum Gasteiger partial charge on any atom is 0.191 e. The number of ether oxygens (including phenoxy) is 1. The van der Waals surface area contributed by atoms with E-state index < -0.39 is 0 Å². The molecule has 1 saturated heterocycles. The molecule has 2 N–H and O–H groups in total. The first-order valence-corrected chi connectivity index (χ1v) is 8.55. The second-order valence-corrected chi connectivity index (χ2v) is 6.04. The summed E-state index contributed by atoms with van der Waals surface area (Å²) in [5.41, 5.74) is 1.37. The van der Waals surface area contributed by atoms with Crippen molar-refractivity contribution in [2.24, 2.45) is 4.99 Å². The van der Waals surface area contributed by atoms with E-state index in [1.54, 1.807) is 0 Å². The highest BCUT2D eigenvalue weighted by Gasteiger charge is 2.29. The van der Waals surface area contributed by atoms with E-state index in [1.165, 1.54) is 5.56 Å². The Bertz CT molecular complexity index is 483. The molecule has 6 heteroatoms. The van der Waals surface area contributed by atoms with Crippen molar-refractivity contribution in [2.75, 3.05) is 33.4 Å². The van der Waals surface area contributed by atoms with Crippen molar-refractivity contribution in [1.82, 2.24) is 15.5 Å². The van der Waals surface area contributed by atoms with Gasteiger partial charge in [-0.2, -0.15) is 0 Å². The topological polar surface area (TPSA) is 48.9 Å². The molecule has 2 atom stereocenters. The van der Waals surface area contributed by atoms with Crippen LogP contribution in [0.3, 0.4) is 0 Å². The van der Waals surface area contributed by atoms with Crippen LogP contribution in [0.2, 0.25) is 0 Å². The molecule has 0 radical (unpaired) electrons. The van der Waals surface area contributed by atoms with Gasteiger partial charge in [0.25, 0.3) is 0 Å². The molecule has 0 aliphatic carbocycles. The third kappa shape index (κ3) is 6.94. The number of likely N-dealkylation sites (tertiary alicyclic amines) is 1. The molecule has 1 aromatic rings. The van der Waals surface area contributed by atoms with Crippen molar-refractivity contribution >= 4 is 29.9 Å². The zero-order valence-electron chi connectivity index (χ0n) is 15.0. The predicted octanol–water partition coefficient (Wildman–Crippen LogP) is 2.47. The third-order valence-electron chi connectivity index (χ3n) is 4.24. The minimum Gasteiger partial charge on any atom is -0.380 e. The van der Waals surface area contributed by atoms with E-state index in [2.05, 4.69) is 57.8 Å². The maximum absolute atomic E-state index is 5.35. The number of aliphatic imine (C=N–C) groups is 1. The van der Waals surface area contributed by atoms with Crippen LogP contribution in [0, 0.1) is 0 Å². The number of hydrogen-bond donors (Lipinski definition) is 2. The predicted molar refractivity (Wildman–Crippen MR) is 111 cm³/mol. The van der Waals surface area contributed by atoms with E-state index in [0.717, 1.165) is 38.6 Å². The zero-order valence-corrected chi connectivity index (χ0v) is 17.3. The number of halogens is 1. The average Bonchev–Trinajstić information content (AvgIpc) is 2.91. The Morgan fingerprint density at radius 2 is 2.08 bits per heavy atom. The lowest BCUT2D eigenvalue weighted by molar-refractivity contribution is 0.152. The van der Waals surface area contributed by atoms with Crippen molar-refractivity contribution in [1.29, 1.82) is 0 Å². The molecule has 2 rings (SSSR count). The Hall–Kier alpha value is -0.860. The van der Waals surface area contributed by atoms with Gasteiger partial charge in [0.2, 0.25) is 0 Å². The number of nitrogens with one attached hydrogen (secondary N) is 2. The van der Waals surface area contributed by atoms with E-state index >= 15 is 0 Å². The van der Waals surface area contributed by atoms with Crippen LogP contribution in [0.25, 0.3) is 0 Å². The highest BCUT2D eigenvalue weighted by molar-refractivity contribution is 14.0. The SMILES string of the molecule is CCOCCNC(=NC)NC1CC(C)N(Cc2ccccc2)C1.I. The molecule has 1 aliphatic heterocycles. The number of benzene rings is 1. The second kappa shape index (κ2) is 11.7. The smallest absolute Gasteiger partial charge is 0.191 e. The summed E-state index contributed by atoms with van der Waals surface area (Å²) in [5, 5.41) is 6.84. The Balaban J connectivity index is 0.00000288. The number of rotatable bonds is 7. The highest BCUT2D eigenvalue weighted by Crippen LogP contribution is 2.20. The molecule has 5 nitrogen and oxygen atoms in total. The fraction of sp³-hybridized carbons (Fsp3) is 0.611. The zero-order chi connectivity index (χ0) is 16.5. The van der Waals surface area contributed by atoms with Crippen molar-refractivity contribution in [3.05, 3.63) is 35.9 Å². The summed E-state index contributed by atoms with van der Waals surface area (Å²) >= 11 is 0. The fourth-order valence-electron chi connectivity index (χ4n) is 3.02. The normalized spacial score (nSPS) is 21.4. The molecule has 136 valence electrons. The molecule has 0 bridgehead atoms. The van der Waals surface area contributed by atoms with Crippen LogP contribution in [-0.4, -0.2) is 56.3 Å². The van der Waals surface area contributed by atoms with Crippen LogP contribution in [0.5, 0.6) is 0 Å². The molecule has 0 spiro atoms. The largest absolute Gasteiger partial charge is 0.380 e. The average molecular weight is 446 g/mol. The highest BCUT2D eigenvalue weighted by atomic mass is 127. The van der Waals surface area contributed by atoms with Crippen molar-refractivity contribution in [3.8, 4) is 0 Å². The van der Waals surface area contributed by atoms with E-state index in [1.807, 2.05) is 14.0 Å². The molecule has 0 aromatic heterocycles. The van der Waals surface area contributed by atoms with Crippen LogP contribution in [0.1, 0.15) is 25.8 Å². The summed E-state index contributed by atoms with van der Waals surface area (Å²) in [7, 11) is 1.82. The van der Waals surface area contributed by atoms with Gasteiger partial charge >= 0.3 is 0 Å². The Morgan fingerprint density at radius 1 is 1.33 bits per heavy atom.